The summed E-state index contributed by atoms with van der Waals surface area (Å²) in [6, 6.07) is 9.47. The highest BCUT2D eigenvalue weighted by atomic mass is 16.8. The molecule has 2 saturated heterocycles. The zero-order chi connectivity index (χ0) is 43.4. The van der Waals surface area contributed by atoms with Crippen LogP contribution in [0, 0.1) is 29.6 Å². The van der Waals surface area contributed by atoms with E-state index in [1.807, 2.05) is 55.4 Å². The first-order chi connectivity index (χ1) is 27.8. The lowest BCUT2D eigenvalue weighted by molar-refractivity contribution is -0.197. The maximum absolute atomic E-state index is 14.5. The number of hydrogen-bond acceptors (Lipinski definition) is 14. The molecule has 0 radical (unpaired) electrons. The Morgan fingerprint density at radius 3 is 2.46 bits per heavy atom. The zero-order valence-corrected chi connectivity index (χ0v) is 35.9. The molecule has 1 aromatic heterocycles. The van der Waals surface area contributed by atoms with Crippen LogP contribution in [0.25, 0.3) is 17.0 Å². The Hall–Kier alpha value is -4.60. The second kappa shape index (κ2) is 18.8. The summed E-state index contributed by atoms with van der Waals surface area (Å²) in [5.74, 6) is -5.12. The number of aliphatic hydroxyl groups is 1. The lowest BCUT2D eigenvalue weighted by atomic mass is 9.73. The molecule has 13 atom stereocenters. The molecule has 0 bridgehead atoms. The number of hydrogen-bond donors (Lipinski definition) is 3. The Morgan fingerprint density at radius 1 is 1.07 bits per heavy atom. The van der Waals surface area contributed by atoms with Gasteiger partial charge in [0.2, 0.25) is 0 Å². The van der Waals surface area contributed by atoms with E-state index in [2.05, 4.69) is 22.4 Å². The summed E-state index contributed by atoms with van der Waals surface area (Å²) in [5.41, 5.74) is -1.28. The van der Waals surface area contributed by atoms with Gasteiger partial charge < -0.3 is 44.2 Å². The molecule has 0 spiro atoms. The number of cyclic esters (lactones) is 1. The van der Waals surface area contributed by atoms with Crippen molar-refractivity contribution in [2.75, 3.05) is 20.6 Å². The number of carbonyl (C=O) groups is 4. The minimum atomic E-state index is -1.65. The normalized spacial score (nSPS) is 36.8. The molecular weight excluding hydrogens is 761 g/mol. The molecule has 5 rings (SSSR count). The van der Waals surface area contributed by atoms with E-state index in [1.165, 1.54) is 6.92 Å². The number of likely N-dealkylation sites (N-methyl/N-ethyl adjacent to an activating group) is 1. The summed E-state index contributed by atoms with van der Waals surface area (Å²) in [4.78, 5) is 61.4. The minimum Gasteiger partial charge on any atom is -0.457 e. The van der Waals surface area contributed by atoms with Gasteiger partial charge in [-0.15, -0.1) is 0 Å². The fraction of sp³-hybridized carbons (Fsp3) is 0.636. The Morgan fingerprint density at radius 2 is 1.78 bits per heavy atom. The highest BCUT2D eigenvalue weighted by Gasteiger charge is 2.59. The van der Waals surface area contributed by atoms with E-state index in [0.717, 1.165) is 16.5 Å². The average Bonchev–Trinajstić information content (AvgIpc) is 3.51. The van der Waals surface area contributed by atoms with Crippen molar-refractivity contribution in [1.29, 1.82) is 0 Å². The van der Waals surface area contributed by atoms with Gasteiger partial charge in [-0.2, -0.15) is 0 Å². The van der Waals surface area contributed by atoms with Crippen molar-refractivity contribution in [2.45, 2.75) is 129 Å². The number of ether oxygens (including phenoxy) is 5. The van der Waals surface area contributed by atoms with Crippen molar-refractivity contribution in [2.24, 2.45) is 34.7 Å². The van der Waals surface area contributed by atoms with Gasteiger partial charge in [0.05, 0.1) is 23.4 Å². The molecule has 3 aliphatic rings. The number of Topliss-reactive ketones (excluding diaryl/α,β-unsaturated/α-hetero) is 1. The molecule has 3 fully saturated rings. The fourth-order valence-electron chi connectivity index (χ4n) is 9.39. The quantitative estimate of drug-likeness (QED) is 0.0900. The molecule has 1 aliphatic carbocycles. The molecule has 1 aromatic carbocycles. The Bertz CT molecular complexity index is 1900. The van der Waals surface area contributed by atoms with Crippen LogP contribution in [0.1, 0.15) is 86.6 Å². The summed E-state index contributed by atoms with van der Waals surface area (Å²) < 4.78 is 30.5. The summed E-state index contributed by atoms with van der Waals surface area (Å²) >= 11 is 0. The van der Waals surface area contributed by atoms with E-state index in [-0.39, 0.29) is 37.1 Å². The van der Waals surface area contributed by atoms with Crippen LogP contribution in [0.4, 0.5) is 9.59 Å². The first kappa shape index (κ1) is 45.5. The van der Waals surface area contributed by atoms with Crippen molar-refractivity contribution in [1.82, 2.24) is 15.2 Å². The van der Waals surface area contributed by atoms with Crippen molar-refractivity contribution < 1.29 is 53.2 Å². The van der Waals surface area contributed by atoms with E-state index in [0.29, 0.717) is 12.8 Å². The zero-order valence-electron chi connectivity index (χ0n) is 35.9. The fourth-order valence-corrected chi connectivity index (χ4v) is 9.39. The third-order valence-electron chi connectivity index (χ3n) is 12.5. The third kappa shape index (κ3) is 9.90. The molecule has 1 amide bonds. The molecule has 59 heavy (non-hydrogen) atoms. The van der Waals surface area contributed by atoms with Gasteiger partial charge in [-0.3, -0.25) is 14.6 Å². The number of nitrogens with one attached hydrogen (secondary N) is 1. The molecule has 0 unspecified atom stereocenters. The van der Waals surface area contributed by atoms with Crippen LogP contribution in [0.5, 0.6) is 0 Å². The first-order valence-electron chi connectivity index (χ1n) is 20.7. The third-order valence-corrected chi connectivity index (χ3v) is 12.5. The number of oxime groups is 1. The summed E-state index contributed by atoms with van der Waals surface area (Å²) in [5, 5.41) is 29.7. The predicted octanol–water partition coefficient (Wildman–Crippen LogP) is 6.17. The van der Waals surface area contributed by atoms with E-state index in [9.17, 15) is 29.5 Å². The van der Waals surface area contributed by atoms with Crippen LogP contribution in [-0.4, -0.2) is 118 Å². The molecule has 15 heteroatoms. The van der Waals surface area contributed by atoms with Gasteiger partial charge in [0.1, 0.15) is 23.7 Å². The number of amides is 1. The Balaban J connectivity index is 1.53. The van der Waals surface area contributed by atoms with E-state index < -0.39 is 89.4 Å². The van der Waals surface area contributed by atoms with Crippen LogP contribution in [-0.2, 0) is 33.3 Å². The summed E-state index contributed by atoms with van der Waals surface area (Å²) in [7, 11) is 3.76. The molecule has 3 heterocycles. The number of fused-ring (bicyclic) bond motifs is 2. The minimum absolute atomic E-state index is 0.0468. The van der Waals surface area contributed by atoms with Crippen LogP contribution < -0.4 is 5.32 Å². The number of alkyl carbamates (subject to hydrolysis) is 1. The summed E-state index contributed by atoms with van der Waals surface area (Å²) in [6.45, 7) is 13.7. The Kier molecular flexibility index (Phi) is 14.5. The van der Waals surface area contributed by atoms with Gasteiger partial charge in [-0.25, -0.2) is 9.59 Å². The number of esters is 1. The van der Waals surface area contributed by atoms with Gasteiger partial charge >= 0.3 is 18.2 Å². The number of carbonyl (C=O) groups excluding carboxylic acids is 4. The van der Waals surface area contributed by atoms with Crippen molar-refractivity contribution in [3.8, 4) is 0 Å². The van der Waals surface area contributed by atoms with Gasteiger partial charge in [0, 0.05) is 41.9 Å². The van der Waals surface area contributed by atoms with Crippen molar-refractivity contribution in [3.63, 3.8) is 0 Å². The second-order valence-electron chi connectivity index (χ2n) is 17.4. The Labute approximate surface area is 346 Å². The van der Waals surface area contributed by atoms with Crippen LogP contribution in [0.3, 0.4) is 0 Å². The number of benzene rings is 1. The molecule has 2 aromatic rings. The summed E-state index contributed by atoms with van der Waals surface area (Å²) in [6.07, 6.45) is -0.192. The van der Waals surface area contributed by atoms with Gasteiger partial charge in [-0.05, 0) is 84.2 Å². The number of rotatable bonds is 8. The van der Waals surface area contributed by atoms with Crippen molar-refractivity contribution in [3.05, 3.63) is 48.2 Å². The smallest absolute Gasteiger partial charge is 0.457 e. The molecule has 3 N–H and O–H groups in total. The highest BCUT2D eigenvalue weighted by Crippen LogP contribution is 2.42. The first-order valence-corrected chi connectivity index (χ1v) is 20.7. The number of para-hydroxylation sites is 1. The van der Waals surface area contributed by atoms with Crippen molar-refractivity contribution >= 4 is 46.7 Å². The lowest BCUT2D eigenvalue weighted by Gasteiger charge is -2.47. The highest BCUT2D eigenvalue weighted by molar-refractivity contribution is 6.00. The number of nitrogens with zero attached hydrogens (tertiary/aromatic N) is 3. The topological polar surface area (TPSA) is 195 Å². The largest absolute Gasteiger partial charge is 0.509 e. The number of aromatic nitrogens is 1. The number of ketones is 1. The maximum Gasteiger partial charge on any atom is 0.509 e. The molecule has 2 aliphatic heterocycles. The lowest BCUT2D eigenvalue weighted by Crippen LogP contribution is -2.59. The van der Waals surface area contributed by atoms with Crippen LogP contribution >= 0.6 is 0 Å². The number of aliphatic hydroxyl groups excluding tert-OH is 1. The number of pyridine rings is 1. The molecule has 1 saturated carbocycles. The van der Waals surface area contributed by atoms with Gasteiger partial charge in [-0.1, -0.05) is 70.1 Å². The second-order valence-corrected chi connectivity index (χ2v) is 17.4. The average molecular weight is 823 g/mol. The van der Waals surface area contributed by atoms with E-state index >= 15 is 0 Å². The predicted molar refractivity (Wildman–Crippen MR) is 220 cm³/mol. The standard InChI is InChI=1S/C44H62N4O11/c1-11-34-44(8)39(57-42(53)59-44)26(4)35(47-54)25(3)22-43(7,58-41(52)45-18-14-15-29-21-30-16-12-13-17-31(30)46-23-29)38(27(5)36(49)28(6)40(51)56-34)55-33-20-24(2)19-32(37(33)50)48(9)10/h12-17,21,23-28,32-34,37-39,50,54H,11,18-20,22H2,1-10H3,(H,45,52)/b15-14+,47-35+/t24-,25-,26-,27+,28-,32+,33-,34+,37-,38-,39-,43+,44-/m1/s1. The SMILES string of the molecule is CC[C@@H]1OC(=O)[C@H](C)C(=O)[C@H](C)[C@@H](O[C@@H]2C[C@H](C)C[C@H](N(C)C)[C@H]2O)[C@@](C)(OC(=O)NC/C=C/c2cnc3ccccc3c2)C[C@@H](C)/C(=N\O)[C@@H](C)[C@H]2OC(=O)O[C@]12C. The van der Waals surface area contributed by atoms with E-state index in [4.69, 9.17) is 23.7 Å². The maximum atomic E-state index is 14.5. The van der Waals surface area contributed by atoms with Gasteiger partial charge in [0.15, 0.2) is 17.5 Å². The molecular formula is C44H62N4O11. The van der Waals surface area contributed by atoms with Crippen LogP contribution in [0.2, 0.25) is 0 Å². The van der Waals surface area contributed by atoms with E-state index in [1.54, 1.807) is 53.8 Å². The monoisotopic (exact) mass is 822 g/mol. The molecule has 324 valence electrons. The van der Waals surface area contributed by atoms with Gasteiger partial charge in [0.25, 0.3) is 0 Å². The molecule has 15 nitrogen and oxygen atoms in total. The van der Waals surface area contributed by atoms with Crippen LogP contribution in [0.15, 0.2) is 47.8 Å².